The predicted octanol–water partition coefficient (Wildman–Crippen LogP) is 12.2. The number of aliphatic hydroxyl groups is 6. The van der Waals surface area contributed by atoms with E-state index in [4.69, 9.17) is 4.74 Å². The molecule has 0 aromatic rings. The third-order valence-corrected chi connectivity index (χ3v) is 13.6. The lowest BCUT2D eigenvalue weighted by Gasteiger charge is -2.39. The van der Waals surface area contributed by atoms with Crippen LogP contribution in [-0.4, -0.2) is 91.9 Å². The van der Waals surface area contributed by atoms with Crippen LogP contribution in [-0.2, 0) is 9.53 Å². The van der Waals surface area contributed by atoms with Gasteiger partial charge in [0.2, 0.25) is 5.91 Å². The summed E-state index contributed by atoms with van der Waals surface area (Å²) in [5.41, 5.74) is 0. The van der Waals surface area contributed by atoms with E-state index in [2.05, 4.69) is 19.2 Å². The lowest BCUT2D eigenvalue weighted by atomic mass is 9.93. The fourth-order valence-corrected chi connectivity index (χ4v) is 9.23. The third kappa shape index (κ3) is 33.1. The minimum absolute atomic E-state index is 0.223. The van der Waals surface area contributed by atoms with Crippen molar-refractivity contribution in [3.63, 3.8) is 0 Å². The summed E-state index contributed by atoms with van der Waals surface area (Å²) in [6.45, 7) is 3.99. The standard InChI is InChI=1S/C54H105NO8/c1-3-5-7-9-11-13-15-17-18-19-20-21-22-23-24-25-26-27-28-29-30-32-34-36-38-40-42-50(58)55-46(43-44-48-52(60)54(62)53(61)49(45-56)63-48)51(59)47(57)41-39-37-35-33-31-16-14-12-10-8-6-4-2/h43-44,46-49,51-54,56-57,59-62H,3-42,45H2,1-2H3,(H,55,58)/b44-43+/t46-,47+,48+,49?,51-,52?,53-,54?/m0/s1. The minimum Gasteiger partial charge on any atom is -0.394 e. The summed E-state index contributed by atoms with van der Waals surface area (Å²) in [7, 11) is 0. The van der Waals surface area contributed by atoms with Gasteiger partial charge < -0.3 is 40.7 Å². The number of ether oxygens (including phenoxy) is 1. The Labute approximate surface area is 388 Å². The fraction of sp³-hybridized carbons (Fsp3) is 0.944. The van der Waals surface area contributed by atoms with Crippen LogP contribution in [0.5, 0.6) is 0 Å². The number of nitrogens with one attached hydrogen (secondary N) is 1. The molecule has 1 saturated heterocycles. The molecule has 0 bridgehead atoms. The van der Waals surface area contributed by atoms with E-state index in [1.165, 1.54) is 218 Å². The molecule has 3 unspecified atom stereocenters. The average molecular weight is 896 g/mol. The Kier molecular flexibility index (Phi) is 41.4. The molecule has 9 nitrogen and oxygen atoms in total. The van der Waals surface area contributed by atoms with E-state index in [-0.39, 0.29) is 5.91 Å². The summed E-state index contributed by atoms with van der Waals surface area (Å²) in [4.78, 5) is 13.1. The monoisotopic (exact) mass is 896 g/mol. The van der Waals surface area contributed by atoms with Crippen molar-refractivity contribution >= 4 is 5.91 Å². The molecule has 1 fully saturated rings. The number of carbonyl (C=O) groups is 1. The Morgan fingerprint density at radius 3 is 1.17 bits per heavy atom. The molecule has 0 radical (unpaired) electrons. The van der Waals surface area contributed by atoms with Gasteiger partial charge in [-0.25, -0.2) is 0 Å². The smallest absolute Gasteiger partial charge is 0.220 e. The van der Waals surface area contributed by atoms with Crippen molar-refractivity contribution in [2.75, 3.05) is 6.61 Å². The Morgan fingerprint density at radius 1 is 0.492 bits per heavy atom. The molecule has 0 aromatic carbocycles. The van der Waals surface area contributed by atoms with E-state index in [0.717, 1.165) is 38.5 Å². The second-order valence-electron chi connectivity index (χ2n) is 19.6. The summed E-state index contributed by atoms with van der Waals surface area (Å²) in [6, 6.07) is -0.943. The number of unbranched alkanes of at least 4 members (excludes halogenated alkanes) is 36. The van der Waals surface area contributed by atoms with E-state index < -0.39 is 55.4 Å². The Morgan fingerprint density at radius 2 is 0.825 bits per heavy atom. The zero-order chi connectivity index (χ0) is 46.0. The lowest BCUT2D eigenvalue weighted by Crippen LogP contribution is -2.58. The molecule has 1 aliphatic heterocycles. The van der Waals surface area contributed by atoms with Crippen molar-refractivity contribution in [1.82, 2.24) is 5.32 Å². The van der Waals surface area contributed by atoms with Crippen molar-refractivity contribution in [3.8, 4) is 0 Å². The van der Waals surface area contributed by atoms with Gasteiger partial charge in [-0.3, -0.25) is 4.79 Å². The molecular formula is C54H105NO8. The van der Waals surface area contributed by atoms with Gasteiger partial charge in [-0.05, 0) is 12.8 Å². The highest BCUT2D eigenvalue weighted by molar-refractivity contribution is 5.76. The number of carbonyl (C=O) groups excluding carboxylic acids is 1. The van der Waals surface area contributed by atoms with Crippen LogP contribution in [0, 0.1) is 0 Å². The van der Waals surface area contributed by atoms with Gasteiger partial charge in [-0.15, -0.1) is 0 Å². The first-order valence-electron chi connectivity index (χ1n) is 27.4. The maximum atomic E-state index is 13.1. The third-order valence-electron chi connectivity index (χ3n) is 13.6. The lowest BCUT2D eigenvalue weighted by molar-refractivity contribution is -0.216. The highest BCUT2D eigenvalue weighted by atomic mass is 16.5. The van der Waals surface area contributed by atoms with Crippen LogP contribution < -0.4 is 5.32 Å². The SMILES string of the molecule is CCCCCCCCCCCCCCCCCCCCCCCCCCCCC(=O)N[C@@H](/C=C/[C@H]1OC(CO)[C@H](O)C(O)C1O)[C@H](O)[C@H](O)CCCCCCCCCCCCCC. The highest BCUT2D eigenvalue weighted by Gasteiger charge is 2.42. The van der Waals surface area contributed by atoms with E-state index in [1.54, 1.807) is 0 Å². The summed E-state index contributed by atoms with van der Waals surface area (Å²) < 4.78 is 5.61. The van der Waals surface area contributed by atoms with Gasteiger partial charge in [0.15, 0.2) is 0 Å². The number of hydrogen-bond acceptors (Lipinski definition) is 8. The van der Waals surface area contributed by atoms with Crippen LogP contribution in [0.3, 0.4) is 0 Å². The predicted molar refractivity (Wildman–Crippen MR) is 263 cm³/mol. The second-order valence-corrected chi connectivity index (χ2v) is 19.6. The van der Waals surface area contributed by atoms with Crippen molar-refractivity contribution in [2.45, 2.75) is 319 Å². The molecule has 0 saturated carbocycles. The second kappa shape index (κ2) is 43.5. The number of hydrogen-bond donors (Lipinski definition) is 7. The van der Waals surface area contributed by atoms with Gasteiger partial charge in [0, 0.05) is 6.42 Å². The molecule has 63 heavy (non-hydrogen) atoms. The molecule has 8 atom stereocenters. The van der Waals surface area contributed by atoms with Gasteiger partial charge in [0.1, 0.15) is 36.6 Å². The molecule has 1 rings (SSSR count). The van der Waals surface area contributed by atoms with Crippen LogP contribution >= 0.6 is 0 Å². The van der Waals surface area contributed by atoms with Gasteiger partial charge in [-0.1, -0.05) is 264 Å². The van der Waals surface area contributed by atoms with Gasteiger partial charge in [0.25, 0.3) is 0 Å². The molecule has 9 heteroatoms. The van der Waals surface area contributed by atoms with E-state index >= 15 is 0 Å². The molecule has 1 amide bonds. The zero-order valence-electron chi connectivity index (χ0n) is 41.3. The van der Waals surface area contributed by atoms with E-state index in [1.807, 2.05) is 0 Å². The van der Waals surface area contributed by atoms with Gasteiger partial charge in [-0.2, -0.15) is 0 Å². The Balaban J connectivity index is 2.23. The van der Waals surface area contributed by atoms with E-state index in [0.29, 0.717) is 12.8 Å². The maximum absolute atomic E-state index is 13.1. The first-order chi connectivity index (χ1) is 30.8. The topological polar surface area (TPSA) is 160 Å². The van der Waals surface area contributed by atoms with Crippen LogP contribution in [0.2, 0.25) is 0 Å². The Hall–Kier alpha value is -1.07. The minimum atomic E-state index is -1.53. The van der Waals surface area contributed by atoms with Crippen molar-refractivity contribution in [2.24, 2.45) is 0 Å². The first kappa shape index (κ1) is 59.9. The summed E-state index contributed by atoms with van der Waals surface area (Å²) in [5, 5.41) is 65.6. The van der Waals surface area contributed by atoms with Crippen molar-refractivity contribution < 1.29 is 40.2 Å². The van der Waals surface area contributed by atoms with Gasteiger partial charge >= 0.3 is 0 Å². The normalized spacial score (nSPS) is 20.7. The maximum Gasteiger partial charge on any atom is 0.220 e. The van der Waals surface area contributed by atoms with Crippen LogP contribution in [0.25, 0.3) is 0 Å². The van der Waals surface area contributed by atoms with Crippen LogP contribution in [0.1, 0.15) is 271 Å². The average Bonchev–Trinajstić information content (AvgIpc) is 3.28. The molecule has 0 aliphatic carbocycles. The first-order valence-corrected chi connectivity index (χ1v) is 27.4. The highest BCUT2D eigenvalue weighted by Crippen LogP contribution is 2.23. The van der Waals surface area contributed by atoms with Gasteiger partial charge in [0.05, 0.1) is 18.8 Å². The number of rotatable bonds is 46. The van der Waals surface area contributed by atoms with Crippen LogP contribution in [0.15, 0.2) is 12.2 Å². The molecule has 0 aromatic heterocycles. The molecule has 374 valence electrons. The number of aliphatic hydroxyl groups excluding tert-OH is 6. The molecular weight excluding hydrogens is 791 g/mol. The Bertz CT molecular complexity index is 1010. The molecule has 1 heterocycles. The molecule has 1 aliphatic rings. The van der Waals surface area contributed by atoms with E-state index in [9.17, 15) is 35.4 Å². The largest absolute Gasteiger partial charge is 0.394 e. The fourth-order valence-electron chi connectivity index (χ4n) is 9.23. The molecule has 0 spiro atoms. The number of amides is 1. The van der Waals surface area contributed by atoms with Crippen LogP contribution in [0.4, 0.5) is 0 Å². The zero-order valence-corrected chi connectivity index (χ0v) is 41.3. The quantitative estimate of drug-likeness (QED) is 0.0235. The summed E-state index contributed by atoms with van der Waals surface area (Å²) >= 11 is 0. The summed E-state index contributed by atoms with van der Waals surface area (Å²) in [6.07, 6.45) is 43.7. The van der Waals surface area contributed by atoms with Crippen molar-refractivity contribution in [3.05, 3.63) is 12.2 Å². The van der Waals surface area contributed by atoms with Crippen molar-refractivity contribution in [1.29, 1.82) is 0 Å². The summed E-state index contributed by atoms with van der Waals surface area (Å²) in [5.74, 6) is -0.223. The molecule has 7 N–H and O–H groups in total.